The highest BCUT2D eigenvalue weighted by atomic mass is 16.6. The average Bonchev–Trinajstić information content (AvgIpc) is 3.59. The van der Waals surface area contributed by atoms with Crippen molar-refractivity contribution in [2.24, 2.45) is 52.8 Å². The van der Waals surface area contributed by atoms with Crippen LogP contribution < -0.4 is 0 Å². The zero-order valence-corrected chi connectivity index (χ0v) is 16.8. The molecular formula is C25H32O3. The highest BCUT2D eigenvalue weighted by Gasteiger charge is 2.77. The number of hydrogen-bond donors (Lipinski definition) is 1. The summed E-state index contributed by atoms with van der Waals surface area (Å²) in [5, 5.41) is 10.2. The van der Waals surface area contributed by atoms with Crippen molar-refractivity contribution in [1.29, 1.82) is 0 Å². The maximum Gasteiger partial charge on any atom is 0.175 e. The Bertz CT molecular complexity index is 809. The zero-order valence-electron chi connectivity index (χ0n) is 16.8. The molecule has 1 spiro atoms. The van der Waals surface area contributed by atoms with Crippen molar-refractivity contribution in [2.45, 2.75) is 70.2 Å². The summed E-state index contributed by atoms with van der Waals surface area (Å²) >= 11 is 0. The SMILES string of the molecule is C[C@]12CCC3C(C1[C@@H]1C[C@@H]1[C@@]21C=CC(O)O1)[C@@H](C1CC1)CC1=CC(=O)CC[C@@H]13. The molecule has 7 aliphatic rings. The van der Waals surface area contributed by atoms with E-state index in [0.29, 0.717) is 17.6 Å². The third kappa shape index (κ3) is 1.92. The van der Waals surface area contributed by atoms with E-state index >= 15 is 0 Å². The van der Waals surface area contributed by atoms with E-state index in [1.165, 1.54) is 44.1 Å². The van der Waals surface area contributed by atoms with Gasteiger partial charge in [0.15, 0.2) is 12.1 Å². The number of carbonyl (C=O) groups excluding carboxylic acids is 1. The van der Waals surface area contributed by atoms with Crippen molar-refractivity contribution in [2.75, 3.05) is 0 Å². The van der Waals surface area contributed by atoms with Crippen LogP contribution in [0.5, 0.6) is 0 Å². The van der Waals surface area contributed by atoms with Crippen LogP contribution in [0.4, 0.5) is 0 Å². The van der Waals surface area contributed by atoms with Gasteiger partial charge in [-0.15, -0.1) is 0 Å². The van der Waals surface area contributed by atoms with E-state index in [4.69, 9.17) is 4.74 Å². The molecule has 0 saturated heterocycles. The molecule has 10 atom stereocenters. The number of ether oxygens (including phenoxy) is 1. The van der Waals surface area contributed by atoms with Gasteiger partial charge in [0.2, 0.25) is 0 Å². The van der Waals surface area contributed by atoms with Crippen LogP contribution in [0, 0.1) is 52.8 Å². The third-order valence-electron chi connectivity index (χ3n) is 10.4. The van der Waals surface area contributed by atoms with Gasteiger partial charge in [-0.2, -0.15) is 0 Å². The molecule has 150 valence electrons. The van der Waals surface area contributed by atoms with Gasteiger partial charge in [0.05, 0.1) is 5.60 Å². The molecule has 0 amide bonds. The normalized spacial score (nSPS) is 58.8. The van der Waals surface area contributed by atoms with Crippen molar-refractivity contribution in [1.82, 2.24) is 0 Å². The summed E-state index contributed by atoms with van der Waals surface area (Å²) in [5.41, 5.74) is 1.49. The average molecular weight is 381 g/mol. The van der Waals surface area contributed by atoms with Gasteiger partial charge < -0.3 is 9.84 Å². The minimum Gasteiger partial charge on any atom is -0.365 e. The molecule has 28 heavy (non-hydrogen) atoms. The van der Waals surface area contributed by atoms with Gasteiger partial charge in [0.25, 0.3) is 0 Å². The summed E-state index contributed by atoms with van der Waals surface area (Å²) in [6.07, 6.45) is 15.2. The Morgan fingerprint density at radius 3 is 2.75 bits per heavy atom. The van der Waals surface area contributed by atoms with Crippen molar-refractivity contribution in [3.63, 3.8) is 0 Å². The molecule has 1 heterocycles. The van der Waals surface area contributed by atoms with Gasteiger partial charge in [-0.25, -0.2) is 0 Å². The number of allylic oxidation sites excluding steroid dienone is 1. The fourth-order valence-electron chi connectivity index (χ4n) is 9.33. The molecule has 4 unspecified atom stereocenters. The summed E-state index contributed by atoms with van der Waals surface area (Å²) in [7, 11) is 0. The van der Waals surface area contributed by atoms with E-state index < -0.39 is 6.29 Å². The Labute approximate surface area is 167 Å². The second-order valence-electron chi connectivity index (χ2n) is 11.4. The molecule has 1 N–H and O–H groups in total. The van der Waals surface area contributed by atoms with Crippen LogP contribution >= 0.6 is 0 Å². The quantitative estimate of drug-likeness (QED) is 0.691. The Morgan fingerprint density at radius 2 is 2.00 bits per heavy atom. The van der Waals surface area contributed by atoms with Crippen LogP contribution in [0.3, 0.4) is 0 Å². The molecule has 1 aliphatic heterocycles. The molecular weight excluding hydrogens is 348 g/mol. The van der Waals surface area contributed by atoms with E-state index in [1.807, 2.05) is 6.08 Å². The van der Waals surface area contributed by atoms with Crippen molar-refractivity contribution in [3.05, 3.63) is 23.8 Å². The molecule has 0 aromatic heterocycles. The van der Waals surface area contributed by atoms with Crippen LogP contribution in [-0.2, 0) is 9.53 Å². The van der Waals surface area contributed by atoms with E-state index in [2.05, 4.69) is 19.1 Å². The minimum atomic E-state index is -0.709. The second kappa shape index (κ2) is 5.21. The summed E-state index contributed by atoms with van der Waals surface area (Å²) < 4.78 is 6.34. The number of carbonyl (C=O) groups is 1. The maximum absolute atomic E-state index is 12.1. The van der Waals surface area contributed by atoms with E-state index in [1.54, 1.807) is 0 Å². The van der Waals surface area contributed by atoms with E-state index in [9.17, 15) is 9.90 Å². The number of rotatable bonds is 1. The first kappa shape index (κ1) is 16.8. The Balaban J connectivity index is 1.32. The summed E-state index contributed by atoms with van der Waals surface area (Å²) in [6, 6.07) is 0. The Hall–Kier alpha value is -0.930. The number of ketones is 1. The summed E-state index contributed by atoms with van der Waals surface area (Å²) in [5.74, 6) is 6.49. The van der Waals surface area contributed by atoms with Crippen molar-refractivity contribution < 1.29 is 14.6 Å². The molecule has 5 fully saturated rings. The smallest absolute Gasteiger partial charge is 0.175 e. The highest BCUT2D eigenvalue weighted by Crippen LogP contribution is 2.79. The predicted molar refractivity (Wildman–Crippen MR) is 105 cm³/mol. The highest BCUT2D eigenvalue weighted by molar-refractivity contribution is 5.91. The first-order valence-corrected chi connectivity index (χ1v) is 11.8. The Kier molecular flexibility index (Phi) is 3.13. The molecule has 0 aromatic carbocycles. The lowest BCUT2D eigenvalue weighted by molar-refractivity contribution is -0.199. The fraction of sp³-hybridized carbons (Fsp3) is 0.800. The molecule has 3 heteroatoms. The van der Waals surface area contributed by atoms with Gasteiger partial charge in [0.1, 0.15) is 0 Å². The lowest BCUT2D eigenvalue weighted by atomic mass is 9.46. The number of fused-ring (bicyclic) bond motifs is 9. The van der Waals surface area contributed by atoms with Gasteiger partial charge in [-0.1, -0.05) is 18.6 Å². The summed E-state index contributed by atoms with van der Waals surface area (Å²) in [6.45, 7) is 2.50. The molecule has 0 bridgehead atoms. The maximum atomic E-state index is 12.1. The molecule has 7 rings (SSSR count). The number of hydrogen-bond acceptors (Lipinski definition) is 3. The van der Waals surface area contributed by atoms with Crippen LogP contribution in [0.15, 0.2) is 23.8 Å². The standard InChI is InChI=1S/C25H32O3/c1-24-8-6-17-16-5-4-15(26)10-14(16)11-18(13-2-3-13)22(17)23(24)19-12-20(19)25(24)9-7-21(27)28-25/h7,9-10,13,16-23,27H,2-6,8,11-12H2,1H3/t16-,17?,18+,19+,20-,21?,22?,23?,24-,25-/m0/s1. The molecule has 5 saturated carbocycles. The minimum absolute atomic E-state index is 0.175. The Morgan fingerprint density at radius 1 is 1.14 bits per heavy atom. The second-order valence-corrected chi connectivity index (χ2v) is 11.4. The third-order valence-corrected chi connectivity index (χ3v) is 10.4. The van der Waals surface area contributed by atoms with Crippen LogP contribution in [0.1, 0.15) is 58.3 Å². The van der Waals surface area contributed by atoms with Gasteiger partial charge in [-0.05, 0) is 104 Å². The molecule has 6 aliphatic carbocycles. The van der Waals surface area contributed by atoms with Gasteiger partial charge >= 0.3 is 0 Å². The molecule has 0 aromatic rings. The first-order chi connectivity index (χ1) is 13.5. The van der Waals surface area contributed by atoms with Crippen molar-refractivity contribution >= 4 is 5.78 Å². The largest absolute Gasteiger partial charge is 0.365 e. The predicted octanol–water partition coefficient (Wildman–Crippen LogP) is 4.26. The lowest BCUT2D eigenvalue weighted by Gasteiger charge is -2.59. The fourth-order valence-corrected chi connectivity index (χ4v) is 9.33. The van der Waals surface area contributed by atoms with Crippen LogP contribution in [-0.4, -0.2) is 22.8 Å². The monoisotopic (exact) mass is 380 g/mol. The zero-order chi connectivity index (χ0) is 18.8. The van der Waals surface area contributed by atoms with Crippen LogP contribution in [0.2, 0.25) is 0 Å². The first-order valence-electron chi connectivity index (χ1n) is 11.8. The molecule has 3 nitrogen and oxygen atoms in total. The van der Waals surface area contributed by atoms with Gasteiger partial charge in [0, 0.05) is 11.8 Å². The summed E-state index contributed by atoms with van der Waals surface area (Å²) in [4.78, 5) is 12.1. The van der Waals surface area contributed by atoms with Crippen LogP contribution in [0.25, 0.3) is 0 Å². The van der Waals surface area contributed by atoms with E-state index in [-0.39, 0.29) is 11.0 Å². The molecule has 0 radical (unpaired) electrons. The topological polar surface area (TPSA) is 46.5 Å². The van der Waals surface area contributed by atoms with E-state index in [0.717, 1.165) is 48.3 Å². The lowest BCUT2D eigenvalue weighted by Crippen LogP contribution is -2.57. The van der Waals surface area contributed by atoms with Crippen molar-refractivity contribution in [3.8, 4) is 0 Å². The van der Waals surface area contributed by atoms with Gasteiger partial charge in [-0.3, -0.25) is 4.79 Å². The number of aliphatic hydroxyl groups excluding tert-OH is 1. The number of aliphatic hydroxyl groups is 1.